The summed E-state index contributed by atoms with van der Waals surface area (Å²) in [4.78, 5) is 15.2. The molecule has 1 aromatic carbocycles. The molecule has 7 heteroatoms. The lowest BCUT2D eigenvalue weighted by Gasteiger charge is -2.09. The molecule has 0 saturated carbocycles. The van der Waals surface area contributed by atoms with Crippen LogP contribution in [0.5, 0.6) is 0 Å². The Bertz CT molecular complexity index is 1060. The van der Waals surface area contributed by atoms with Gasteiger partial charge in [-0.2, -0.15) is 0 Å². The molecular formula is C19H15BrN2O3S. The second-order valence-corrected chi connectivity index (χ2v) is 8.36. The summed E-state index contributed by atoms with van der Waals surface area (Å²) in [5.74, 6) is -0.202. The molecule has 0 bridgehead atoms. The van der Waals surface area contributed by atoms with Crippen LogP contribution in [0, 0.1) is 0 Å². The molecule has 0 amide bonds. The molecule has 0 aliphatic heterocycles. The van der Waals surface area contributed by atoms with E-state index < -0.39 is 10.0 Å². The van der Waals surface area contributed by atoms with Crippen LogP contribution in [0.3, 0.4) is 0 Å². The SMILES string of the molecule is O=Cc1cc(-c2ccccc2)n(S(=O)(=O)CC=Cc2cncc(Br)c2)c1. The molecule has 0 aliphatic rings. The normalized spacial score (nSPS) is 11.7. The Hall–Kier alpha value is -2.51. The highest BCUT2D eigenvalue weighted by atomic mass is 79.9. The van der Waals surface area contributed by atoms with E-state index >= 15 is 0 Å². The van der Waals surface area contributed by atoms with Crippen molar-refractivity contribution in [2.45, 2.75) is 0 Å². The van der Waals surface area contributed by atoms with Crippen LogP contribution in [0.25, 0.3) is 17.3 Å². The zero-order valence-corrected chi connectivity index (χ0v) is 16.0. The molecule has 0 unspecified atom stereocenters. The molecule has 132 valence electrons. The van der Waals surface area contributed by atoms with E-state index in [1.807, 2.05) is 24.3 Å². The monoisotopic (exact) mass is 430 g/mol. The maximum absolute atomic E-state index is 12.8. The number of aromatic nitrogens is 2. The van der Waals surface area contributed by atoms with E-state index in [0.29, 0.717) is 17.5 Å². The smallest absolute Gasteiger partial charge is 0.242 e. The van der Waals surface area contributed by atoms with Crippen molar-refractivity contribution in [1.82, 2.24) is 8.96 Å². The third kappa shape index (κ3) is 4.17. The average molecular weight is 431 g/mol. The Kier molecular flexibility index (Phi) is 5.49. The fourth-order valence-electron chi connectivity index (χ4n) is 2.48. The number of benzene rings is 1. The molecular weight excluding hydrogens is 416 g/mol. The second-order valence-electron chi connectivity index (χ2n) is 5.56. The summed E-state index contributed by atoms with van der Waals surface area (Å²) in [5.41, 5.74) is 2.29. The van der Waals surface area contributed by atoms with Crippen molar-refractivity contribution in [3.8, 4) is 11.3 Å². The van der Waals surface area contributed by atoms with E-state index in [-0.39, 0.29) is 5.75 Å². The van der Waals surface area contributed by atoms with Gasteiger partial charge in [0, 0.05) is 28.6 Å². The van der Waals surface area contributed by atoms with Crippen molar-refractivity contribution in [1.29, 1.82) is 0 Å². The zero-order chi connectivity index (χ0) is 18.6. The summed E-state index contributed by atoms with van der Waals surface area (Å²) in [7, 11) is -3.67. The number of pyridine rings is 1. The predicted octanol–water partition coefficient (Wildman–Crippen LogP) is 4.02. The molecule has 0 atom stereocenters. The molecule has 0 saturated heterocycles. The van der Waals surface area contributed by atoms with Crippen LogP contribution in [0.2, 0.25) is 0 Å². The van der Waals surface area contributed by atoms with Crippen molar-refractivity contribution in [3.63, 3.8) is 0 Å². The van der Waals surface area contributed by atoms with Gasteiger partial charge in [-0.05, 0) is 39.2 Å². The van der Waals surface area contributed by atoms with Gasteiger partial charge in [-0.1, -0.05) is 42.5 Å². The van der Waals surface area contributed by atoms with Crippen LogP contribution >= 0.6 is 15.9 Å². The number of rotatable bonds is 6. The maximum atomic E-state index is 12.8. The summed E-state index contributed by atoms with van der Waals surface area (Å²) in [5, 5.41) is 0. The van der Waals surface area contributed by atoms with Gasteiger partial charge in [-0.3, -0.25) is 9.78 Å². The lowest BCUT2D eigenvalue weighted by Crippen LogP contribution is -2.15. The predicted molar refractivity (Wildman–Crippen MR) is 105 cm³/mol. The summed E-state index contributed by atoms with van der Waals surface area (Å²) in [6.45, 7) is 0. The van der Waals surface area contributed by atoms with Crippen LogP contribution in [0.4, 0.5) is 0 Å². The fraction of sp³-hybridized carbons (Fsp3) is 0.0526. The first-order valence-corrected chi connectivity index (χ1v) is 10.1. The highest BCUT2D eigenvalue weighted by molar-refractivity contribution is 9.10. The molecule has 5 nitrogen and oxygen atoms in total. The van der Waals surface area contributed by atoms with Gasteiger partial charge in [-0.25, -0.2) is 12.4 Å². The number of hydrogen-bond donors (Lipinski definition) is 0. The highest BCUT2D eigenvalue weighted by Crippen LogP contribution is 2.24. The average Bonchev–Trinajstić information content (AvgIpc) is 3.08. The van der Waals surface area contributed by atoms with Crippen molar-refractivity contribution < 1.29 is 13.2 Å². The van der Waals surface area contributed by atoms with E-state index in [0.717, 1.165) is 19.6 Å². The molecule has 0 fully saturated rings. The van der Waals surface area contributed by atoms with Gasteiger partial charge in [0.2, 0.25) is 10.0 Å². The molecule has 0 radical (unpaired) electrons. The van der Waals surface area contributed by atoms with E-state index in [2.05, 4.69) is 20.9 Å². The number of carbonyl (C=O) groups is 1. The molecule has 3 aromatic rings. The molecule has 2 heterocycles. The third-order valence-electron chi connectivity index (χ3n) is 3.66. The van der Waals surface area contributed by atoms with E-state index in [9.17, 15) is 13.2 Å². The van der Waals surface area contributed by atoms with Gasteiger partial charge in [0.25, 0.3) is 0 Å². The van der Waals surface area contributed by atoms with Crippen molar-refractivity contribution in [2.75, 3.05) is 5.75 Å². The Morgan fingerprint density at radius 3 is 2.54 bits per heavy atom. The van der Waals surface area contributed by atoms with Gasteiger partial charge in [0.15, 0.2) is 6.29 Å². The minimum Gasteiger partial charge on any atom is -0.298 e. The fourth-order valence-corrected chi connectivity index (χ4v) is 4.11. The molecule has 2 aromatic heterocycles. The number of nitrogens with zero attached hydrogens (tertiary/aromatic N) is 2. The van der Waals surface area contributed by atoms with Crippen LogP contribution < -0.4 is 0 Å². The molecule has 0 N–H and O–H groups in total. The van der Waals surface area contributed by atoms with E-state index in [4.69, 9.17) is 0 Å². The zero-order valence-electron chi connectivity index (χ0n) is 13.6. The number of hydrogen-bond acceptors (Lipinski definition) is 4. The van der Waals surface area contributed by atoms with Crippen LogP contribution in [-0.4, -0.2) is 29.4 Å². The van der Waals surface area contributed by atoms with Crippen LogP contribution in [-0.2, 0) is 10.0 Å². The molecule has 0 spiro atoms. The minimum absolute atomic E-state index is 0.202. The quantitative estimate of drug-likeness (QED) is 0.553. The summed E-state index contributed by atoms with van der Waals surface area (Å²) in [6, 6.07) is 12.5. The molecule has 0 aliphatic carbocycles. The first-order valence-electron chi connectivity index (χ1n) is 7.73. The minimum atomic E-state index is -3.67. The molecule has 3 rings (SSSR count). The first kappa shape index (κ1) is 18.3. The third-order valence-corrected chi connectivity index (χ3v) is 5.60. The second kappa shape index (κ2) is 7.80. The Morgan fingerprint density at radius 1 is 1.08 bits per heavy atom. The topological polar surface area (TPSA) is 69.0 Å². The summed E-state index contributed by atoms with van der Waals surface area (Å²) < 4.78 is 27.5. The highest BCUT2D eigenvalue weighted by Gasteiger charge is 2.18. The van der Waals surface area contributed by atoms with Gasteiger partial charge < -0.3 is 0 Å². The maximum Gasteiger partial charge on any atom is 0.242 e. The lowest BCUT2D eigenvalue weighted by molar-refractivity contribution is 0.112. The summed E-state index contributed by atoms with van der Waals surface area (Å²) in [6.07, 6.45) is 8.54. The van der Waals surface area contributed by atoms with Crippen molar-refractivity contribution in [2.24, 2.45) is 0 Å². The van der Waals surface area contributed by atoms with Crippen molar-refractivity contribution >= 4 is 38.3 Å². The van der Waals surface area contributed by atoms with Crippen molar-refractivity contribution in [3.05, 3.63) is 82.7 Å². The van der Waals surface area contributed by atoms with E-state index in [1.54, 1.807) is 42.7 Å². The lowest BCUT2D eigenvalue weighted by atomic mass is 10.1. The van der Waals surface area contributed by atoms with Gasteiger partial charge in [0.05, 0.1) is 11.4 Å². The Balaban J connectivity index is 1.92. The first-order chi connectivity index (χ1) is 12.5. The van der Waals surface area contributed by atoms with E-state index in [1.165, 1.54) is 6.20 Å². The Morgan fingerprint density at radius 2 is 1.85 bits per heavy atom. The molecule has 26 heavy (non-hydrogen) atoms. The van der Waals surface area contributed by atoms with Crippen LogP contribution in [0.15, 0.2) is 71.6 Å². The number of aldehydes is 1. The largest absolute Gasteiger partial charge is 0.298 e. The van der Waals surface area contributed by atoms with Gasteiger partial charge in [-0.15, -0.1) is 0 Å². The standard InChI is InChI=1S/C19H15BrN2O3S/c20-18-9-15(11-21-12-18)5-4-8-26(24,25)22-13-16(14-23)10-19(22)17-6-2-1-3-7-17/h1-7,9-14H,8H2. The summed E-state index contributed by atoms with van der Waals surface area (Å²) >= 11 is 3.32. The van der Waals surface area contributed by atoms with Gasteiger partial charge in [0.1, 0.15) is 0 Å². The number of carbonyl (C=O) groups excluding carboxylic acids is 1. The number of halogens is 1. The van der Waals surface area contributed by atoms with Crippen LogP contribution in [0.1, 0.15) is 15.9 Å². The Labute approximate surface area is 160 Å². The van der Waals surface area contributed by atoms with Gasteiger partial charge >= 0.3 is 0 Å².